The number of rotatable bonds is 28. The number of amides is 4. The minimum atomic E-state index is -2.42. The van der Waals surface area contributed by atoms with Crippen LogP contribution >= 0.6 is 23.5 Å². The van der Waals surface area contributed by atoms with E-state index in [1.807, 2.05) is 0 Å². The lowest BCUT2D eigenvalue weighted by atomic mass is 9.88. The van der Waals surface area contributed by atoms with Crippen molar-refractivity contribution in [2.24, 2.45) is 0 Å². The molecule has 14 N–H and O–H groups in total. The number of ether oxygens (including phenoxy) is 4. The van der Waals surface area contributed by atoms with Gasteiger partial charge in [0.25, 0.3) is 23.4 Å². The molecule has 24 nitrogen and oxygen atoms in total. The van der Waals surface area contributed by atoms with Crippen LogP contribution in [0.5, 0.6) is 0 Å². The molecule has 0 saturated carbocycles. The van der Waals surface area contributed by atoms with E-state index in [1.54, 1.807) is 0 Å². The second-order valence-corrected chi connectivity index (χ2v) is 17.9. The summed E-state index contributed by atoms with van der Waals surface area (Å²) in [4.78, 5) is 73.3. The van der Waals surface area contributed by atoms with Crippen molar-refractivity contribution in [1.29, 1.82) is 0 Å². The molecule has 374 valence electrons. The van der Waals surface area contributed by atoms with Gasteiger partial charge in [0.2, 0.25) is 11.8 Å². The molecule has 12 atom stereocenters. The maximum Gasteiger partial charge on any atom is 0.364 e. The number of aliphatic hydroxyl groups excluding tert-OH is 8. The van der Waals surface area contributed by atoms with Gasteiger partial charge in [-0.05, 0) is 48.6 Å². The average Bonchev–Trinajstić information content (AvgIpc) is 3.28. The third-order valence-electron chi connectivity index (χ3n) is 10.4. The van der Waals surface area contributed by atoms with Crippen molar-refractivity contribution in [2.45, 2.75) is 112 Å². The Morgan fingerprint density at radius 1 is 0.652 bits per heavy atom. The summed E-state index contributed by atoms with van der Waals surface area (Å²) in [6, 6.07) is 3.37. The summed E-state index contributed by atoms with van der Waals surface area (Å²) in [5.74, 6) is -8.14. The molecule has 0 bridgehead atoms. The van der Waals surface area contributed by atoms with Crippen LogP contribution in [0.15, 0.2) is 24.3 Å². The van der Waals surface area contributed by atoms with Crippen molar-refractivity contribution in [1.82, 2.24) is 21.3 Å². The highest BCUT2D eigenvalue weighted by Gasteiger charge is 2.57. The van der Waals surface area contributed by atoms with E-state index in [9.17, 15) is 79.8 Å². The van der Waals surface area contributed by atoms with E-state index in [0.717, 1.165) is 13.8 Å². The normalized spacial score (nSPS) is 27.1. The Hall–Kier alpha value is -3.74. The molecule has 2 fully saturated rings. The fourth-order valence-corrected chi connectivity index (χ4v) is 8.55. The lowest BCUT2D eigenvalue weighted by molar-refractivity contribution is -0.311. The zero-order valence-electron chi connectivity index (χ0n) is 36.4. The minimum Gasteiger partial charge on any atom is -0.477 e. The van der Waals surface area contributed by atoms with Gasteiger partial charge in [0.15, 0.2) is 0 Å². The molecule has 0 spiro atoms. The fourth-order valence-electron chi connectivity index (χ4n) is 7.00. The Morgan fingerprint density at radius 3 is 1.30 bits per heavy atom. The second kappa shape index (κ2) is 27.3. The van der Waals surface area contributed by atoms with Crippen LogP contribution in [0.1, 0.15) is 60.2 Å². The number of nitrogens with one attached hydrogen (secondary N) is 4. The molecule has 0 aromatic heterocycles. The summed E-state index contributed by atoms with van der Waals surface area (Å²) in [6.07, 6.45) is -14.3. The van der Waals surface area contributed by atoms with Crippen LogP contribution in [0.3, 0.4) is 0 Å². The molecule has 4 amide bonds. The number of hydrogen-bond acceptors (Lipinski definition) is 20. The van der Waals surface area contributed by atoms with Crippen molar-refractivity contribution in [2.75, 3.05) is 62.5 Å². The summed E-state index contributed by atoms with van der Waals surface area (Å²) in [6.45, 7) is 0.721. The minimum absolute atomic E-state index is 0.149. The largest absolute Gasteiger partial charge is 0.477 e. The highest BCUT2D eigenvalue weighted by atomic mass is 32.2. The Labute approximate surface area is 388 Å². The summed E-state index contributed by atoms with van der Waals surface area (Å²) >= 11 is 2.86. The maximum atomic E-state index is 12.7. The molecular formula is C40H62N4O20S2. The van der Waals surface area contributed by atoms with E-state index >= 15 is 0 Å². The monoisotopic (exact) mass is 982 g/mol. The van der Waals surface area contributed by atoms with Gasteiger partial charge in [-0.25, -0.2) is 9.59 Å². The quantitative estimate of drug-likeness (QED) is 0.0353. The first-order chi connectivity index (χ1) is 31.2. The van der Waals surface area contributed by atoms with Crippen LogP contribution in [0.2, 0.25) is 0 Å². The lowest BCUT2D eigenvalue weighted by Gasteiger charge is -2.46. The van der Waals surface area contributed by atoms with E-state index < -0.39 is 122 Å². The number of benzene rings is 1. The lowest BCUT2D eigenvalue weighted by Crippen LogP contribution is -2.67. The number of aliphatic carboxylic acids is 2. The number of carbonyl (C=O) groups is 6. The van der Waals surface area contributed by atoms with Crippen molar-refractivity contribution in [3.8, 4) is 0 Å². The summed E-state index contributed by atoms with van der Waals surface area (Å²) in [5.41, 5.74) is 0.624. The molecule has 0 radical (unpaired) electrons. The predicted molar refractivity (Wildman–Crippen MR) is 232 cm³/mol. The van der Waals surface area contributed by atoms with Gasteiger partial charge in [0.05, 0.1) is 50.7 Å². The van der Waals surface area contributed by atoms with Crippen LogP contribution in [0, 0.1) is 0 Å². The molecule has 0 aliphatic carbocycles. The molecule has 2 heterocycles. The number of thioether (sulfide) groups is 2. The Morgan fingerprint density at radius 2 is 1.00 bits per heavy atom. The highest BCUT2D eigenvalue weighted by Crippen LogP contribution is 2.35. The summed E-state index contributed by atoms with van der Waals surface area (Å²) in [7, 11) is 0. The molecular weight excluding hydrogens is 921 g/mol. The molecule has 0 unspecified atom stereocenters. The Bertz CT molecular complexity index is 1630. The van der Waals surface area contributed by atoms with Crippen molar-refractivity contribution in [3.63, 3.8) is 0 Å². The van der Waals surface area contributed by atoms with Gasteiger partial charge in [0.1, 0.15) is 36.6 Å². The standard InChI is InChI=1S/C40H62N4O20S2/c1-21(47)43-29-25(49)17-39(37(57)58,63-33(29)31(53)27(51)19-45)61-11-3-13-65-15-9-41-35(55)23-5-7-24(8-6-23)36(56)42-10-16-66-14-4-12-62-40(38(59)60)18-26(50)30(44-22(2)48)34(64-40)32(54)28(52)20-46/h5-8,25-34,45-46,49-54H,3-4,9-20H2,1-2H3,(H,41,55)(H,42,56)(H,43,47)(H,44,48)(H,57,58)(H,59,60)/t25-,26-,27+,28+,29+,30+,31+,32+,33+,34+,39+,40+/m0/s1. The number of carboxylic acids is 2. The van der Waals surface area contributed by atoms with Crippen molar-refractivity contribution >= 4 is 59.1 Å². The molecule has 1 aromatic carbocycles. The van der Waals surface area contributed by atoms with Crippen LogP contribution in [0.25, 0.3) is 0 Å². The van der Waals surface area contributed by atoms with E-state index in [1.165, 1.54) is 47.8 Å². The Kier molecular flexibility index (Phi) is 23.4. The molecule has 66 heavy (non-hydrogen) atoms. The maximum absolute atomic E-state index is 12.7. The van der Waals surface area contributed by atoms with Gasteiger partial charge in [-0.2, -0.15) is 23.5 Å². The number of aliphatic hydroxyl groups is 8. The first-order valence-electron chi connectivity index (χ1n) is 21.0. The number of carbonyl (C=O) groups excluding carboxylic acids is 4. The topological polar surface area (TPSA) is 390 Å². The first kappa shape index (κ1) is 56.6. The van der Waals surface area contributed by atoms with E-state index in [2.05, 4.69) is 21.3 Å². The third-order valence-corrected chi connectivity index (χ3v) is 12.5. The summed E-state index contributed by atoms with van der Waals surface area (Å²) in [5, 5.41) is 111. The van der Waals surface area contributed by atoms with Gasteiger partial charge < -0.3 is 91.3 Å². The number of carboxylic acid groups (broad SMARTS) is 2. The average molecular weight is 983 g/mol. The van der Waals surface area contributed by atoms with Gasteiger partial charge in [-0.3, -0.25) is 19.2 Å². The van der Waals surface area contributed by atoms with Crippen LogP contribution < -0.4 is 21.3 Å². The van der Waals surface area contributed by atoms with E-state index in [0.29, 0.717) is 47.0 Å². The van der Waals surface area contributed by atoms with Crippen molar-refractivity contribution < 1.29 is 98.8 Å². The van der Waals surface area contributed by atoms with Crippen molar-refractivity contribution in [3.05, 3.63) is 35.4 Å². The SMILES string of the molecule is CC(=O)N[C@H]1[C@H]([C@H](O)[C@H](O)CO)O[C@@](OCCCSCCNC(=O)c2ccc(C(=O)NCCSCCCO[C@]3(C(=O)O)C[C@H](O)[C@@H](NC(C)=O)[C@H]([C@H](O)[C@H](O)CO)O3)cc2)(C(=O)O)C[C@@H]1O. The molecule has 3 rings (SSSR count). The fraction of sp³-hybridized carbons (Fsp3) is 0.700. The molecule has 2 aliphatic rings. The van der Waals surface area contributed by atoms with E-state index in [4.69, 9.17) is 18.9 Å². The van der Waals surface area contributed by atoms with Crippen LogP contribution in [0.4, 0.5) is 0 Å². The van der Waals surface area contributed by atoms with Gasteiger partial charge >= 0.3 is 11.9 Å². The van der Waals surface area contributed by atoms with Crippen LogP contribution in [-0.2, 0) is 38.1 Å². The third kappa shape index (κ3) is 16.2. The molecule has 1 aromatic rings. The summed E-state index contributed by atoms with van der Waals surface area (Å²) < 4.78 is 22.3. The first-order valence-corrected chi connectivity index (χ1v) is 23.3. The van der Waals surface area contributed by atoms with Gasteiger partial charge in [-0.1, -0.05) is 0 Å². The van der Waals surface area contributed by atoms with Crippen LogP contribution in [-0.4, -0.2) is 222 Å². The predicted octanol–water partition coefficient (Wildman–Crippen LogP) is -4.28. The van der Waals surface area contributed by atoms with Gasteiger partial charge in [-0.15, -0.1) is 0 Å². The smallest absolute Gasteiger partial charge is 0.364 e. The molecule has 2 aliphatic heterocycles. The second-order valence-electron chi connectivity index (χ2n) is 15.5. The molecule has 26 heteroatoms. The zero-order chi connectivity index (χ0) is 49.2. The van der Waals surface area contributed by atoms with E-state index in [-0.39, 0.29) is 38.1 Å². The highest BCUT2D eigenvalue weighted by molar-refractivity contribution is 7.99. The zero-order valence-corrected chi connectivity index (χ0v) is 38.0. The Balaban J connectivity index is 1.34. The number of hydrogen-bond donors (Lipinski definition) is 14. The molecule has 2 saturated heterocycles. The van der Waals surface area contributed by atoms with Gasteiger partial charge in [0, 0.05) is 62.4 Å².